The molecular weight excluding hydrogens is 317 g/mol. The van der Waals surface area contributed by atoms with Crippen molar-refractivity contribution in [3.8, 4) is 5.75 Å². The number of methoxy groups -OCH3 is 1. The Morgan fingerprint density at radius 1 is 1.35 bits per heavy atom. The molecule has 2 rings (SSSR count). The molecule has 1 heterocycles. The molecule has 20 heavy (non-hydrogen) atoms. The van der Waals surface area contributed by atoms with Crippen molar-refractivity contribution in [2.45, 2.75) is 0 Å². The number of hydrogen-bond donors (Lipinski definition) is 0. The van der Waals surface area contributed by atoms with E-state index in [4.69, 9.17) is 27.9 Å². The van der Waals surface area contributed by atoms with Crippen LogP contribution in [0.2, 0.25) is 8.67 Å². The maximum absolute atomic E-state index is 12.2. The van der Waals surface area contributed by atoms with E-state index in [1.807, 2.05) is 36.2 Å². The molecule has 0 aliphatic carbocycles. The molecule has 0 saturated heterocycles. The van der Waals surface area contributed by atoms with Crippen LogP contribution in [-0.4, -0.2) is 26.5 Å². The van der Waals surface area contributed by atoms with Gasteiger partial charge in [-0.2, -0.15) is 0 Å². The molecule has 0 bridgehead atoms. The molecule has 1 aromatic carbocycles. The van der Waals surface area contributed by atoms with Crippen molar-refractivity contribution in [3.05, 3.63) is 44.6 Å². The predicted octanol–water partition coefficient (Wildman–Crippen LogP) is 4.38. The van der Waals surface area contributed by atoms with Crippen LogP contribution in [0.15, 0.2) is 30.3 Å². The zero-order chi connectivity index (χ0) is 14.7. The quantitative estimate of drug-likeness (QED) is 0.762. The van der Waals surface area contributed by atoms with E-state index in [0.29, 0.717) is 14.2 Å². The van der Waals surface area contributed by atoms with Gasteiger partial charge in [-0.15, -0.1) is 11.3 Å². The minimum Gasteiger partial charge on any atom is -0.497 e. The molecular formula is C14H13Cl2NO2S. The molecule has 0 aliphatic heterocycles. The first-order chi connectivity index (χ1) is 9.51. The lowest BCUT2D eigenvalue weighted by Crippen LogP contribution is -2.25. The van der Waals surface area contributed by atoms with Gasteiger partial charge in [0.15, 0.2) is 5.78 Å². The van der Waals surface area contributed by atoms with E-state index in [-0.39, 0.29) is 12.3 Å². The molecule has 0 saturated carbocycles. The summed E-state index contributed by atoms with van der Waals surface area (Å²) < 4.78 is 6.11. The highest BCUT2D eigenvalue weighted by molar-refractivity contribution is 7.20. The third kappa shape index (κ3) is 3.45. The van der Waals surface area contributed by atoms with Gasteiger partial charge in [-0.1, -0.05) is 29.3 Å². The highest BCUT2D eigenvalue weighted by atomic mass is 35.5. The fourth-order valence-corrected chi connectivity index (χ4v) is 3.27. The molecule has 0 unspecified atom stereocenters. The van der Waals surface area contributed by atoms with Crippen LogP contribution in [-0.2, 0) is 0 Å². The fourth-order valence-electron chi connectivity index (χ4n) is 1.77. The Kier molecular flexibility index (Phi) is 4.91. The molecule has 0 aliphatic rings. The topological polar surface area (TPSA) is 29.5 Å². The predicted molar refractivity (Wildman–Crippen MR) is 84.9 cm³/mol. The number of Topliss-reactive ketones (excluding diaryl/α,β-unsaturated/α-hetero) is 1. The Hall–Kier alpha value is -1.23. The summed E-state index contributed by atoms with van der Waals surface area (Å²) in [7, 11) is 3.45. The molecule has 0 amide bonds. The number of anilines is 1. The van der Waals surface area contributed by atoms with Gasteiger partial charge in [0, 0.05) is 18.8 Å². The summed E-state index contributed by atoms with van der Waals surface area (Å²) in [6.45, 7) is 0.222. The number of benzene rings is 1. The first-order valence-corrected chi connectivity index (χ1v) is 7.41. The lowest BCUT2D eigenvalue weighted by atomic mass is 10.2. The summed E-state index contributed by atoms with van der Waals surface area (Å²) >= 11 is 13.0. The zero-order valence-corrected chi connectivity index (χ0v) is 13.4. The number of halogens is 2. The minimum absolute atomic E-state index is 0.0662. The highest BCUT2D eigenvalue weighted by Gasteiger charge is 2.16. The van der Waals surface area contributed by atoms with Gasteiger partial charge in [-0.05, 0) is 18.2 Å². The Morgan fingerprint density at radius 2 is 2.10 bits per heavy atom. The van der Waals surface area contributed by atoms with E-state index < -0.39 is 0 Å². The fraction of sp³-hybridized carbons (Fsp3) is 0.214. The molecule has 3 nitrogen and oxygen atoms in total. The number of ether oxygens (including phenoxy) is 1. The first kappa shape index (κ1) is 15.2. The third-order valence-electron chi connectivity index (χ3n) is 2.83. The Labute approximate surface area is 131 Å². The molecule has 0 atom stereocenters. The Bertz CT molecular complexity index is 627. The normalized spacial score (nSPS) is 10.4. The molecule has 1 aromatic heterocycles. The van der Waals surface area contributed by atoms with Crippen LogP contribution in [0.5, 0.6) is 5.75 Å². The standard InChI is InChI=1S/C14H13Cl2NO2S/c1-17(9-4-3-5-10(6-9)19-2)8-12(18)11-7-13(15)20-14(11)16/h3-7H,8H2,1-2H3. The molecule has 0 N–H and O–H groups in total. The van der Waals surface area contributed by atoms with E-state index in [2.05, 4.69) is 0 Å². The van der Waals surface area contributed by atoms with Crippen LogP contribution in [0.4, 0.5) is 5.69 Å². The van der Waals surface area contributed by atoms with Gasteiger partial charge < -0.3 is 9.64 Å². The van der Waals surface area contributed by atoms with Crippen molar-refractivity contribution in [2.75, 3.05) is 25.6 Å². The van der Waals surface area contributed by atoms with Gasteiger partial charge in [0.05, 0.1) is 23.6 Å². The summed E-state index contributed by atoms with van der Waals surface area (Å²) in [6.07, 6.45) is 0. The number of nitrogens with zero attached hydrogens (tertiary/aromatic N) is 1. The number of rotatable bonds is 5. The van der Waals surface area contributed by atoms with Crippen LogP contribution in [0.25, 0.3) is 0 Å². The van der Waals surface area contributed by atoms with Crippen molar-refractivity contribution in [3.63, 3.8) is 0 Å². The smallest absolute Gasteiger partial charge is 0.184 e. The van der Waals surface area contributed by atoms with Crippen LogP contribution in [0.1, 0.15) is 10.4 Å². The molecule has 0 radical (unpaired) electrons. The summed E-state index contributed by atoms with van der Waals surface area (Å²) in [5, 5.41) is 0. The number of likely N-dealkylation sites (N-methyl/N-ethyl adjacent to an activating group) is 1. The second kappa shape index (κ2) is 6.48. The van der Waals surface area contributed by atoms with E-state index in [1.54, 1.807) is 13.2 Å². The van der Waals surface area contributed by atoms with E-state index in [1.165, 1.54) is 11.3 Å². The first-order valence-electron chi connectivity index (χ1n) is 5.84. The summed E-state index contributed by atoms with van der Waals surface area (Å²) in [5.74, 6) is 0.682. The van der Waals surface area contributed by atoms with Crippen LogP contribution in [0, 0.1) is 0 Å². The minimum atomic E-state index is -0.0662. The molecule has 0 spiro atoms. The average Bonchev–Trinajstić information content (AvgIpc) is 2.77. The van der Waals surface area contributed by atoms with Crippen molar-refractivity contribution in [1.82, 2.24) is 0 Å². The van der Waals surface area contributed by atoms with Crippen molar-refractivity contribution >= 4 is 46.0 Å². The van der Waals surface area contributed by atoms with Crippen molar-refractivity contribution in [1.29, 1.82) is 0 Å². The lowest BCUT2D eigenvalue weighted by molar-refractivity contribution is 0.100. The summed E-state index contributed by atoms with van der Waals surface area (Å²) in [6, 6.07) is 9.13. The van der Waals surface area contributed by atoms with Gasteiger partial charge in [0.2, 0.25) is 0 Å². The van der Waals surface area contributed by atoms with Gasteiger partial charge in [0.1, 0.15) is 10.1 Å². The van der Waals surface area contributed by atoms with Gasteiger partial charge >= 0.3 is 0 Å². The molecule has 0 fully saturated rings. The van der Waals surface area contributed by atoms with E-state index >= 15 is 0 Å². The number of carbonyl (C=O) groups is 1. The average molecular weight is 330 g/mol. The Balaban J connectivity index is 2.12. The van der Waals surface area contributed by atoms with Gasteiger partial charge in [-0.25, -0.2) is 0 Å². The summed E-state index contributed by atoms with van der Waals surface area (Å²) in [4.78, 5) is 14.0. The number of thiophene rings is 1. The summed E-state index contributed by atoms with van der Waals surface area (Å²) in [5.41, 5.74) is 1.37. The number of ketones is 1. The van der Waals surface area contributed by atoms with E-state index in [0.717, 1.165) is 11.4 Å². The molecule has 6 heteroatoms. The van der Waals surface area contributed by atoms with Gasteiger partial charge in [0.25, 0.3) is 0 Å². The van der Waals surface area contributed by atoms with Gasteiger partial charge in [-0.3, -0.25) is 4.79 Å². The van der Waals surface area contributed by atoms with Crippen LogP contribution < -0.4 is 9.64 Å². The largest absolute Gasteiger partial charge is 0.497 e. The maximum Gasteiger partial charge on any atom is 0.184 e. The van der Waals surface area contributed by atoms with Crippen LogP contribution >= 0.6 is 34.5 Å². The number of hydrogen-bond acceptors (Lipinski definition) is 4. The lowest BCUT2D eigenvalue weighted by Gasteiger charge is -2.18. The second-order valence-corrected chi connectivity index (χ2v) is 6.50. The van der Waals surface area contributed by atoms with Crippen LogP contribution in [0.3, 0.4) is 0 Å². The third-order valence-corrected chi connectivity index (χ3v) is 4.32. The molecule has 2 aromatic rings. The molecule has 106 valence electrons. The van der Waals surface area contributed by atoms with E-state index in [9.17, 15) is 4.79 Å². The van der Waals surface area contributed by atoms with Crippen molar-refractivity contribution in [2.24, 2.45) is 0 Å². The maximum atomic E-state index is 12.2. The SMILES string of the molecule is COc1cccc(N(C)CC(=O)c2cc(Cl)sc2Cl)c1. The Morgan fingerprint density at radius 3 is 2.70 bits per heavy atom. The van der Waals surface area contributed by atoms with Crippen molar-refractivity contribution < 1.29 is 9.53 Å². The monoisotopic (exact) mass is 329 g/mol. The number of carbonyl (C=O) groups excluding carboxylic acids is 1. The highest BCUT2D eigenvalue weighted by Crippen LogP contribution is 2.31. The second-order valence-electron chi connectivity index (χ2n) is 4.22. The zero-order valence-electron chi connectivity index (χ0n) is 11.0.